The fourth-order valence-electron chi connectivity index (χ4n) is 3.74. The van der Waals surface area contributed by atoms with Crippen LogP contribution in [-0.4, -0.2) is 29.9 Å². The van der Waals surface area contributed by atoms with Crippen molar-refractivity contribution in [3.63, 3.8) is 0 Å². The third-order valence-electron chi connectivity index (χ3n) is 5.09. The van der Waals surface area contributed by atoms with Crippen LogP contribution in [0.25, 0.3) is 0 Å². The molecule has 5 nitrogen and oxygen atoms in total. The maximum absolute atomic E-state index is 5.49. The molecule has 1 saturated carbocycles. The third kappa shape index (κ3) is 3.46. The summed E-state index contributed by atoms with van der Waals surface area (Å²) in [5.41, 5.74) is 0. The fraction of sp³-hybridized carbons (Fsp3) is 0.875. The van der Waals surface area contributed by atoms with Gasteiger partial charge in [0.25, 0.3) is 0 Å². The van der Waals surface area contributed by atoms with E-state index in [0.29, 0.717) is 5.92 Å². The molecule has 2 atom stereocenters. The maximum Gasteiger partial charge on any atom is 0.243 e. The Balaban J connectivity index is 1.56. The number of methoxy groups -OCH3 is 1. The number of hydrogen-bond acceptors (Lipinski definition) is 5. The van der Waals surface area contributed by atoms with E-state index in [-0.39, 0.29) is 12.1 Å². The van der Waals surface area contributed by atoms with Gasteiger partial charge in [-0.05, 0) is 38.0 Å². The standard InChI is InChI=1S/C16H27N3O2/c1-3-4-11-5-7-12(8-6-11)15-18-16(21-19-15)14-9-13(20-2)10-17-14/h11-14,17H,3-10H2,1-2H3/t11?,12?,13-,14+/m0/s1. The summed E-state index contributed by atoms with van der Waals surface area (Å²) in [6.07, 6.45) is 8.90. The summed E-state index contributed by atoms with van der Waals surface area (Å²) in [6.45, 7) is 3.14. The summed E-state index contributed by atoms with van der Waals surface area (Å²) >= 11 is 0. The van der Waals surface area contributed by atoms with Crippen molar-refractivity contribution in [1.29, 1.82) is 0 Å². The molecule has 2 heterocycles. The Bertz CT molecular complexity index is 440. The Kier molecular flexibility index (Phi) is 4.91. The van der Waals surface area contributed by atoms with E-state index in [4.69, 9.17) is 9.26 Å². The highest BCUT2D eigenvalue weighted by molar-refractivity contribution is 5.02. The molecule has 1 aliphatic carbocycles. The van der Waals surface area contributed by atoms with Gasteiger partial charge in [0.2, 0.25) is 5.89 Å². The van der Waals surface area contributed by atoms with Crippen molar-refractivity contribution < 1.29 is 9.26 Å². The van der Waals surface area contributed by atoms with E-state index in [1.165, 1.54) is 38.5 Å². The van der Waals surface area contributed by atoms with E-state index < -0.39 is 0 Å². The van der Waals surface area contributed by atoms with Crippen LogP contribution in [0.1, 0.15) is 75.5 Å². The van der Waals surface area contributed by atoms with Crippen LogP contribution in [-0.2, 0) is 4.74 Å². The lowest BCUT2D eigenvalue weighted by atomic mass is 9.80. The Morgan fingerprint density at radius 3 is 2.76 bits per heavy atom. The second-order valence-electron chi connectivity index (χ2n) is 6.55. The molecule has 0 unspecified atom stereocenters. The molecule has 1 aromatic heterocycles. The first-order chi connectivity index (χ1) is 10.3. The third-order valence-corrected chi connectivity index (χ3v) is 5.09. The van der Waals surface area contributed by atoms with Gasteiger partial charge >= 0.3 is 0 Å². The molecule has 1 N–H and O–H groups in total. The first-order valence-electron chi connectivity index (χ1n) is 8.39. The predicted molar refractivity (Wildman–Crippen MR) is 80.1 cm³/mol. The second kappa shape index (κ2) is 6.88. The zero-order valence-electron chi connectivity index (χ0n) is 13.2. The lowest BCUT2D eigenvalue weighted by molar-refractivity contribution is 0.116. The Morgan fingerprint density at radius 2 is 2.10 bits per heavy atom. The zero-order valence-corrected chi connectivity index (χ0v) is 13.2. The number of aromatic nitrogens is 2. The molecule has 1 aromatic rings. The Morgan fingerprint density at radius 1 is 1.29 bits per heavy atom. The molecule has 1 aliphatic heterocycles. The SMILES string of the molecule is CCCC1CCC(c2noc([C@H]3C[C@H](OC)CN3)n2)CC1. The molecule has 0 bridgehead atoms. The molecule has 3 rings (SSSR count). The summed E-state index contributed by atoms with van der Waals surface area (Å²) in [5, 5.41) is 7.63. The van der Waals surface area contributed by atoms with Crippen LogP contribution in [0.5, 0.6) is 0 Å². The van der Waals surface area contributed by atoms with E-state index in [9.17, 15) is 0 Å². The molecule has 0 radical (unpaired) electrons. The van der Waals surface area contributed by atoms with E-state index >= 15 is 0 Å². The molecule has 0 aromatic carbocycles. The smallest absolute Gasteiger partial charge is 0.243 e. The lowest BCUT2D eigenvalue weighted by Crippen LogP contribution is -2.16. The molecular formula is C16H27N3O2. The van der Waals surface area contributed by atoms with Crippen LogP contribution >= 0.6 is 0 Å². The molecule has 2 aliphatic rings. The van der Waals surface area contributed by atoms with Gasteiger partial charge in [-0.1, -0.05) is 24.9 Å². The van der Waals surface area contributed by atoms with E-state index in [0.717, 1.165) is 30.6 Å². The predicted octanol–water partition coefficient (Wildman–Crippen LogP) is 3.19. The summed E-state index contributed by atoms with van der Waals surface area (Å²) in [7, 11) is 1.75. The van der Waals surface area contributed by atoms with Gasteiger partial charge in [-0.15, -0.1) is 0 Å². The topological polar surface area (TPSA) is 60.2 Å². The Labute approximate surface area is 126 Å². The van der Waals surface area contributed by atoms with Crippen LogP contribution in [0.3, 0.4) is 0 Å². The van der Waals surface area contributed by atoms with Crippen LogP contribution in [0, 0.1) is 5.92 Å². The summed E-state index contributed by atoms with van der Waals surface area (Å²) in [4.78, 5) is 4.66. The van der Waals surface area contributed by atoms with Gasteiger partial charge in [0.1, 0.15) is 0 Å². The average molecular weight is 293 g/mol. The molecule has 5 heteroatoms. The van der Waals surface area contributed by atoms with E-state index in [1.807, 2.05) is 0 Å². The minimum Gasteiger partial charge on any atom is -0.380 e. The largest absolute Gasteiger partial charge is 0.380 e. The molecule has 0 amide bonds. The van der Waals surface area contributed by atoms with Crippen LogP contribution in [0.4, 0.5) is 0 Å². The molecule has 1 saturated heterocycles. The number of nitrogens with one attached hydrogen (secondary N) is 1. The maximum atomic E-state index is 5.49. The van der Waals surface area contributed by atoms with Crippen molar-refractivity contribution in [3.05, 3.63) is 11.7 Å². The van der Waals surface area contributed by atoms with Gasteiger partial charge in [0, 0.05) is 19.6 Å². The molecule has 0 spiro atoms. The normalized spacial score (nSPS) is 33.4. The van der Waals surface area contributed by atoms with Crippen molar-refractivity contribution in [2.75, 3.05) is 13.7 Å². The molecule has 2 fully saturated rings. The average Bonchev–Trinajstić information content (AvgIpc) is 3.17. The fourth-order valence-corrected chi connectivity index (χ4v) is 3.74. The number of nitrogens with zero attached hydrogens (tertiary/aromatic N) is 2. The van der Waals surface area contributed by atoms with Gasteiger partial charge in [-0.3, -0.25) is 0 Å². The van der Waals surface area contributed by atoms with Crippen molar-refractivity contribution in [1.82, 2.24) is 15.5 Å². The van der Waals surface area contributed by atoms with Gasteiger partial charge in [0.05, 0.1) is 12.1 Å². The van der Waals surface area contributed by atoms with E-state index in [1.54, 1.807) is 7.11 Å². The van der Waals surface area contributed by atoms with Crippen LogP contribution in [0.15, 0.2) is 4.52 Å². The minimum atomic E-state index is 0.160. The number of ether oxygens (including phenoxy) is 1. The molecule has 21 heavy (non-hydrogen) atoms. The highest BCUT2D eigenvalue weighted by atomic mass is 16.5. The van der Waals surface area contributed by atoms with Gasteiger partial charge in [-0.25, -0.2) is 0 Å². The van der Waals surface area contributed by atoms with E-state index in [2.05, 4.69) is 22.4 Å². The number of hydrogen-bond donors (Lipinski definition) is 1. The van der Waals surface area contributed by atoms with Crippen molar-refractivity contribution in [2.45, 2.75) is 69.9 Å². The summed E-state index contributed by atoms with van der Waals surface area (Å²) < 4.78 is 10.9. The quantitative estimate of drug-likeness (QED) is 0.903. The monoisotopic (exact) mass is 293 g/mol. The minimum absolute atomic E-state index is 0.160. The number of rotatable bonds is 5. The van der Waals surface area contributed by atoms with Crippen LogP contribution in [0.2, 0.25) is 0 Å². The first kappa shape index (κ1) is 15.0. The van der Waals surface area contributed by atoms with Gasteiger partial charge in [-0.2, -0.15) is 4.98 Å². The van der Waals surface area contributed by atoms with Gasteiger partial charge in [0.15, 0.2) is 5.82 Å². The first-order valence-corrected chi connectivity index (χ1v) is 8.39. The van der Waals surface area contributed by atoms with Gasteiger partial charge < -0.3 is 14.6 Å². The lowest BCUT2D eigenvalue weighted by Gasteiger charge is -2.26. The molecular weight excluding hydrogens is 266 g/mol. The summed E-state index contributed by atoms with van der Waals surface area (Å²) in [6, 6.07) is 0.160. The van der Waals surface area contributed by atoms with Crippen LogP contribution < -0.4 is 5.32 Å². The molecule has 118 valence electrons. The summed E-state index contributed by atoms with van der Waals surface area (Å²) in [5.74, 6) is 3.06. The second-order valence-corrected chi connectivity index (χ2v) is 6.55. The zero-order chi connectivity index (χ0) is 14.7. The highest BCUT2D eigenvalue weighted by Gasteiger charge is 2.31. The Hall–Kier alpha value is -0.940. The van der Waals surface area contributed by atoms with Crippen molar-refractivity contribution in [2.24, 2.45) is 5.92 Å². The highest BCUT2D eigenvalue weighted by Crippen LogP contribution is 2.37. The van der Waals surface area contributed by atoms with Crippen molar-refractivity contribution in [3.8, 4) is 0 Å². The van der Waals surface area contributed by atoms with Crippen molar-refractivity contribution >= 4 is 0 Å².